The first-order valence-corrected chi connectivity index (χ1v) is 6.02. The standard InChI is InChI=1S/C14H21NO/c1-14(2,3)11-5-4-10(13(16)8-11)9-15-12-6-7-12/h4-5,8,12,15-16H,6-7,9H2,1-3H3. The maximum Gasteiger partial charge on any atom is 0.120 e. The summed E-state index contributed by atoms with van der Waals surface area (Å²) in [4.78, 5) is 0. The van der Waals surface area contributed by atoms with E-state index >= 15 is 0 Å². The van der Waals surface area contributed by atoms with Crippen molar-refractivity contribution in [2.45, 2.75) is 51.6 Å². The molecule has 88 valence electrons. The minimum Gasteiger partial charge on any atom is -0.508 e. The van der Waals surface area contributed by atoms with E-state index in [0.717, 1.165) is 12.1 Å². The van der Waals surface area contributed by atoms with Gasteiger partial charge in [-0.25, -0.2) is 0 Å². The van der Waals surface area contributed by atoms with Gasteiger partial charge in [0.2, 0.25) is 0 Å². The third kappa shape index (κ3) is 2.76. The van der Waals surface area contributed by atoms with Gasteiger partial charge in [-0.1, -0.05) is 32.9 Å². The molecule has 1 saturated carbocycles. The highest BCUT2D eigenvalue weighted by molar-refractivity contribution is 5.39. The molecule has 0 heterocycles. The molecule has 16 heavy (non-hydrogen) atoms. The first-order valence-electron chi connectivity index (χ1n) is 6.02. The number of phenolic OH excluding ortho intramolecular Hbond substituents is 1. The molecule has 1 aliphatic rings. The molecule has 0 aromatic heterocycles. The van der Waals surface area contributed by atoms with Gasteiger partial charge in [-0.2, -0.15) is 0 Å². The van der Waals surface area contributed by atoms with Gasteiger partial charge in [-0.3, -0.25) is 0 Å². The predicted molar refractivity (Wildman–Crippen MR) is 66.7 cm³/mol. The monoisotopic (exact) mass is 219 g/mol. The molecule has 0 saturated heterocycles. The summed E-state index contributed by atoms with van der Waals surface area (Å²) in [6, 6.07) is 6.72. The Kier molecular flexibility index (Phi) is 2.94. The zero-order chi connectivity index (χ0) is 11.8. The lowest BCUT2D eigenvalue weighted by molar-refractivity contribution is 0.460. The smallest absolute Gasteiger partial charge is 0.120 e. The van der Waals surface area contributed by atoms with E-state index in [4.69, 9.17) is 0 Å². The molecule has 2 nitrogen and oxygen atoms in total. The van der Waals surface area contributed by atoms with E-state index in [2.05, 4.69) is 32.2 Å². The average Bonchev–Trinajstić information content (AvgIpc) is 2.98. The van der Waals surface area contributed by atoms with Crippen molar-refractivity contribution in [2.75, 3.05) is 0 Å². The molecule has 1 aliphatic carbocycles. The van der Waals surface area contributed by atoms with Crippen LogP contribution in [0.5, 0.6) is 5.75 Å². The number of rotatable bonds is 3. The number of benzene rings is 1. The van der Waals surface area contributed by atoms with Gasteiger partial charge in [-0.05, 0) is 29.9 Å². The number of nitrogens with one attached hydrogen (secondary N) is 1. The zero-order valence-corrected chi connectivity index (χ0v) is 10.4. The Morgan fingerprint density at radius 1 is 1.31 bits per heavy atom. The Morgan fingerprint density at radius 2 is 2.00 bits per heavy atom. The van der Waals surface area contributed by atoms with Crippen molar-refractivity contribution < 1.29 is 5.11 Å². The van der Waals surface area contributed by atoms with Crippen LogP contribution in [-0.4, -0.2) is 11.1 Å². The van der Waals surface area contributed by atoms with Crippen molar-refractivity contribution in [3.05, 3.63) is 29.3 Å². The normalized spacial score (nSPS) is 16.4. The Hall–Kier alpha value is -1.02. The molecule has 2 heteroatoms. The van der Waals surface area contributed by atoms with Crippen molar-refractivity contribution in [3.8, 4) is 5.75 Å². The van der Waals surface area contributed by atoms with Crippen molar-refractivity contribution in [2.24, 2.45) is 0 Å². The van der Waals surface area contributed by atoms with Crippen LogP contribution in [0.2, 0.25) is 0 Å². The van der Waals surface area contributed by atoms with Crippen LogP contribution >= 0.6 is 0 Å². The molecular formula is C14H21NO. The average molecular weight is 219 g/mol. The summed E-state index contributed by atoms with van der Waals surface area (Å²) in [5.41, 5.74) is 2.28. The summed E-state index contributed by atoms with van der Waals surface area (Å²) >= 11 is 0. The van der Waals surface area contributed by atoms with Crippen LogP contribution < -0.4 is 5.32 Å². The fourth-order valence-electron chi connectivity index (χ4n) is 1.72. The third-order valence-corrected chi connectivity index (χ3v) is 3.11. The quantitative estimate of drug-likeness (QED) is 0.819. The zero-order valence-electron chi connectivity index (χ0n) is 10.4. The Morgan fingerprint density at radius 3 is 2.50 bits per heavy atom. The van der Waals surface area contributed by atoms with Gasteiger partial charge in [0, 0.05) is 18.2 Å². The fraction of sp³-hybridized carbons (Fsp3) is 0.571. The van der Waals surface area contributed by atoms with E-state index in [1.807, 2.05) is 12.1 Å². The molecule has 0 unspecified atom stereocenters. The van der Waals surface area contributed by atoms with Crippen LogP contribution in [0, 0.1) is 0 Å². The summed E-state index contributed by atoms with van der Waals surface area (Å²) in [5.74, 6) is 0.417. The van der Waals surface area contributed by atoms with Gasteiger partial charge in [-0.15, -0.1) is 0 Å². The van der Waals surface area contributed by atoms with Crippen LogP contribution in [0.3, 0.4) is 0 Å². The highest BCUT2D eigenvalue weighted by atomic mass is 16.3. The molecule has 1 fully saturated rings. The summed E-state index contributed by atoms with van der Waals surface area (Å²) in [5, 5.41) is 13.4. The number of aromatic hydroxyl groups is 1. The lowest BCUT2D eigenvalue weighted by atomic mass is 9.86. The van der Waals surface area contributed by atoms with Gasteiger partial charge in [0.25, 0.3) is 0 Å². The van der Waals surface area contributed by atoms with E-state index in [1.165, 1.54) is 18.4 Å². The summed E-state index contributed by atoms with van der Waals surface area (Å²) in [7, 11) is 0. The lowest BCUT2D eigenvalue weighted by Gasteiger charge is -2.20. The molecular weight excluding hydrogens is 198 g/mol. The van der Waals surface area contributed by atoms with Crippen LogP contribution in [0.4, 0.5) is 0 Å². The minimum atomic E-state index is 0.0972. The Labute approximate surface area is 97.7 Å². The highest BCUT2D eigenvalue weighted by Gasteiger charge is 2.21. The Bertz CT molecular complexity index is 375. The molecule has 0 spiro atoms. The molecule has 1 aromatic carbocycles. The SMILES string of the molecule is CC(C)(C)c1ccc(CNC2CC2)c(O)c1. The van der Waals surface area contributed by atoms with E-state index in [1.54, 1.807) is 0 Å². The highest BCUT2D eigenvalue weighted by Crippen LogP contribution is 2.28. The van der Waals surface area contributed by atoms with Gasteiger partial charge in [0.05, 0.1) is 0 Å². The van der Waals surface area contributed by atoms with Crippen LogP contribution in [-0.2, 0) is 12.0 Å². The maximum absolute atomic E-state index is 9.95. The van der Waals surface area contributed by atoms with E-state index < -0.39 is 0 Å². The largest absolute Gasteiger partial charge is 0.508 e. The van der Waals surface area contributed by atoms with E-state index in [-0.39, 0.29) is 5.41 Å². The molecule has 2 N–H and O–H groups in total. The molecule has 0 amide bonds. The summed E-state index contributed by atoms with van der Waals surface area (Å²) in [6.45, 7) is 7.25. The van der Waals surface area contributed by atoms with Gasteiger partial charge in [0.1, 0.15) is 5.75 Å². The molecule has 2 rings (SSSR count). The molecule has 1 aromatic rings. The number of phenols is 1. The second-order valence-electron chi connectivity index (χ2n) is 5.75. The molecule has 0 aliphatic heterocycles. The first kappa shape index (κ1) is 11.5. The summed E-state index contributed by atoms with van der Waals surface area (Å²) < 4.78 is 0. The predicted octanol–water partition coefficient (Wildman–Crippen LogP) is 2.94. The van der Waals surface area contributed by atoms with Crippen molar-refractivity contribution in [1.82, 2.24) is 5.32 Å². The molecule has 0 atom stereocenters. The lowest BCUT2D eigenvalue weighted by Crippen LogP contribution is -2.16. The second-order valence-corrected chi connectivity index (χ2v) is 5.75. The van der Waals surface area contributed by atoms with E-state index in [0.29, 0.717) is 11.8 Å². The maximum atomic E-state index is 9.95. The second kappa shape index (κ2) is 4.10. The number of hydrogen-bond donors (Lipinski definition) is 2. The molecule has 0 radical (unpaired) electrons. The summed E-state index contributed by atoms with van der Waals surface area (Å²) in [6.07, 6.45) is 2.56. The number of hydrogen-bond acceptors (Lipinski definition) is 2. The topological polar surface area (TPSA) is 32.3 Å². The molecule has 0 bridgehead atoms. The van der Waals surface area contributed by atoms with Crippen LogP contribution in [0.15, 0.2) is 18.2 Å². The third-order valence-electron chi connectivity index (χ3n) is 3.11. The van der Waals surface area contributed by atoms with Crippen molar-refractivity contribution in [3.63, 3.8) is 0 Å². The van der Waals surface area contributed by atoms with Crippen molar-refractivity contribution in [1.29, 1.82) is 0 Å². The van der Waals surface area contributed by atoms with E-state index in [9.17, 15) is 5.11 Å². The van der Waals surface area contributed by atoms with Crippen LogP contribution in [0.1, 0.15) is 44.7 Å². The van der Waals surface area contributed by atoms with Crippen LogP contribution in [0.25, 0.3) is 0 Å². The van der Waals surface area contributed by atoms with Crippen molar-refractivity contribution >= 4 is 0 Å². The first-order chi connectivity index (χ1) is 7.47. The van der Waals surface area contributed by atoms with Gasteiger partial charge < -0.3 is 10.4 Å². The van der Waals surface area contributed by atoms with Gasteiger partial charge in [0.15, 0.2) is 0 Å². The minimum absolute atomic E-state index is 0.0972. The fourth-order valence-corrected chi connectivity index (χ4v) is 1.72. The van der Waals surface area contributed by atoms with Gasteiger partial charge >= 0.3 is 0 Å². The Balaban J connectivity index is 2.09.